The van der Waals surface area contributed by atoms with E-state index in [0.29, 0.717) is 12.2 Å². The van der Waals surface area contributed by atoms with Gasteiger partial charge in [-0.2, -0.15) is 13.2 Å². The first-order valence-electron chi connectivity index (χ1n) is 7.26. The molecule has 0 aromatic carbocycles. The molecule has 2 aliphatic rings. The Labute approximate surface area is 127 Å². The third-order valence-electron chi connectivity index (χ3n) is 4.17. The van der Waals surface area contributed by atoms with Gasteiger partial charge in [-0.05, 0) is 19.3 Å². The summed E-state index contributed by atoms with van der Waals surface area (Å²) in [5.74, 6) is 0.606. The van der Waals surface area contributed by atoms with Crippen LogP contribution in [0.3, 0.4) is 0 Å². The first kappa shape index (κ1) is 15.8. The van der Waals surface area contributed by atoms with Crippen LogP contribution in [-0.4, -0.2) is 52.6 Å². The molecular formula is C13H18F3N3O2S. The predicted octanol–water partition coefficient (Wildman–Crippen LogP) is 1.60. The molecule has 5 nitrogen and oxygen atoms in total. The van der Waals surface area contributed by atoms with E-state index in [2.05, 4.69) is 4.98 Å². The standard InChI is InChI=1S/C13H18F3N3O2S/c14-13(15,16)9-18-5-4-17-12(18)7-19(10-1-2-10)11-3-6-22(20,21)8-11/h4-5,10-11H,1-3,6-9H2/t11-/m0/s1. The van der Waals surface area contributed by atoms with Crippen LogP contribution in [0.1, 0.15) is 25.1 Å². The molecule has 1 saturated carbocycles. The highest BCUT2D eigenvalue weighted by Crippen LogP contribution is 2.33. The zero-order chi connectivity index (χ0) is 16.0. The Morgan fingerprint density at radius 3 is 2.55 bits per heavy atom. The van der Waals surface area contributed by atoms with Crippen LogP contribution in [0.4, 0.5) is 13.2 Å². The monoisotopic (exact) mass is 337 g/mol. The Morgan fingerprint density at radius 2 is 2.00 bits per heavy atom. The summed E-state index contributed by atoms with van der Waals surface area (Å²) in [4.78, 5) is 6.06. The van der Waals surface area contributed by atoms with Crippen LogP contribution in [0.2, 0.25) is 0 Å². The zero-order valence-corrected chi connectivity index (χ0v) is 12.8. The minimum absolute atomic E-state index is 0.101. The van der Waals surface area contributed by atoms with Gasteiger partial charge in [-0.1, -0.05) is 0 Å². The normalized spacial score (nSPS) is 25.0. The molecule has 3 rings (SSSR count). The van der Waals surface area contributed by atoms with Crippen molar-refractivity contribution in [3.8, 4) is 0 Å². The van der Waals surface area contributed by atoms with E-state index in [0.717, 1.165) is 17.4 Å². The Hall–Kier alpha value is -1.09. The van der Waals surface area contributed by atoms with Crippen LogP contribution < -0.4 is 0 Å². The molecule has 1 aliphatic carbocycles. The molecule has 2 fully saturated rings. The topological polar surface area (TPSA) is 55.2 Å². The Kier molecular flexibility index (Phi) is 3.96. The van der Waals surface area contributed by atoms with E-state index in [-0.39, 0.29) is 30.1 Å². The Morgan fingerprint density at radius 1 is 1.27 bits per heavy atom. The third kappa shape index (κ3) is 3.81. The van der Waals surface area contributed by atoms with Gasteiger partial charge >= 0.3 is 6.18 Å². The lowest BCUT2D eigenvalue weighted by Gasteiger charge is -2.28. The number of hydrogen-bond acceptors (Lipinski definition) is 4. The van der Waals surface area contributed by atoms with E-state index >= 15 is 0 Å². The molecule has 0 bridgehead atoms. The molecule has 1 aromatic rings. The molecule has 1 atom stereocenters. The Balaban J connectivity index is 1.74. The fourth-order valence-corrected chi connectivity index (χ4v) is 4.73. The van der Waals surface area contributed by atoms with E-state index in [9.17, 15) is 21.6 Å². The van der Waals surface area contributed by atoms with Crippen LogP contribution in [0.5, 0.6) is 0 Å². The number of halogens is 3. The summed E-state index contributed by atoms with van der Waals surface area (Å²) in [5, 5.41) is 0. The van der Waals surface area contributed by atoms with Crippen molar-refractivity contribution in [2.24, 2.45) is 0 Å². The number of rotatable bonds is 5. The lowest BCUT2D eigenvalue weighted by atomic mass is 10.2. The number of hydrogen-bond donors (Lipinski definition) is 0. The second-order valence-corrected chi connectivity index (χ2v) is 8.28. The summed E-state index contributed by atoms with van der Waals surface area (Å²) < 4.78 is 62.1. The SMILES string of the molecule is O=S1(=O)CC[C@H](N(Cc2nccn2CC(F)(F)F)C2CC2)C1. The van der Waals surface area contributed by atoms with E-state index in [1.165, 1.54) is 12.4 Å². The summed E-state index contributed by atoms with van der Waals surface area (Å²) in [5.41, 5.74) is 0. The van der Waals surface area contributed by atoms with Gasteiger partial charge in [0.15, 0.2) is 9.84 Å². The van der Waals surface area contributed by atoms with Crippen LogP contribution in [0.15, 0.2) is 12.4 Å². The van der Waals surface area contributed by atoms with Crippen molar-refractivity contribution >= 4 is 9.84 Å². The van der Waals surface area contributed by atoms with Crippen LogP contribution >= 0.6 is 0 Å². The van der Waals surface area contributed by atoms with Crippen molar-refractivity contribution in [3.63, 3.8) is 0 Å². The molecule has 0 radical (unpaired) electrons. The average Bonchev–Trinajstić information content (AvgIpc) is 3.04. The summed E-state index contributed by atoms with van der Waals surface area (Å²) in [7, 11) is -3.01. The molecule has 0 N–H and O–H groups in total. The molecule has 1 aliphatic heterocycles. The molecule has 1 aromatic heterocycles. The maximum Gasteiger partial charge on any atom is 0.406 e. The molecule has 1 saturated heterocycles. The minimum atomic E-state index is -4.30. The van der Waals surface area contributed by atoms with E-state index in [4.69, 9.17) is 0 Å². The average molecular weight is 337 g/mol. The van der Waals surface area contributed by atoms with Gasteiger partial charge in [0.1, 0.15) is 12.4 Å². The van der Waals surface area contributed by atoms with Crippen molar-refractivity contribution in [1.82, 2.24) is 14.5 Å². The fourth-order valence-electron chi connectivity index (χ4n) is 2.99. The first-order valence-corrected chi connectivity index (χ1v) is 9.08. The molecule has 0 spiro atoms. The highest BCUT2D eigenvalue weighted by molar-refractivity contribution is 7.91. The fraction of sp³-hybridized carbons (Fsp3) is 0.769. The van der Waals surface area contributed by atoms with Gasteiger partial charge < -0.3 is 4.57 Å². The highest BCUT2D eigenvalue weighted by Gasteiger charge is 2.40. The van der Waals surface area contributed by atoms with E-state index < -0.39 is 22.6 Å². The summed E-state index contributed by atoms with van der Waals surface area (Å²) in [6.07, 6.45) is 0.874. The molecule has 0 unspecified atom stereocenters. The van der Waals surface area contributed by atoms with Gasteiger partial charge in [0.2, 0.25) is 0 Å². The minimum Gasteiger partial charge on any atom is -0.325 e. The number of alkyl halides is 3. The van der Waals surface area contributed by atoms with Crippen molar-refractivity contribution in [2.75, 3.05) is 11.5 Å². The van der Waals surface area contributed by atoms with Gasteiger partial charge in [-0.3, -0.25) is 4.90 Å². The highest BCUT2D eigenvalue weighted by atomic mass is 32.2. The third-order valence-corrected chi connectivity index (χ3v) is 5.92. The lowest BCUT2D eigenvalue weighted by molar-refractivity contribution is -0.141. The van der Waals surface area contributed by atoms with Gasteiger partial charge in [0.25, 0.3) is 0 Å². The molecule has 22 heavy (non-hydrogen) atoms. The number of imidazole rings is 1. The zero-order valence-electron chi connectivity index (χ0n) is 12.0. The number of nitrogens with zero attached hydrogens (tertiary/aromatic N) is 3. The number of aromatic nitrogens is 2. The van der Waals surface area contributed by atoms with Crippen LogP contribution in [0.25, 0.3) is 0 Å². The lowest BCUT2D eigenvalue weighted by Crippen LogP contribution is -2.38. The van der Waals surface area contributed by atoms with Gasteiger partial charge in [0.05, 0.1) is 18.1 Å². The maximum absolute atomic E-state index is 12.6. The van der Waals surface area contributed by atoms with Crippen molar-refractivity contribution in [1.29, 1.82) is 0 Å². The van der Waals surface area contributed by atoms with Crippen molar-refractivity contribution < 1.29 is 21.6 Å². The predicted molar refractivity (Wildman–Crippen MR) is 73.9 cm³/mol. The smallest absolute Gasteiger partial charge is 0.325 e. The van der Waals surface area contributed by atoms with Gasteiger partial charge in [-0.25, -0.2) is 13.4 Å². The quantitative estimate of drug-likeness (QED) is 0.819. The second kappa shape index (κ2) is 5.52. The molecular weight excluding hydrogens is 319 g/mol. The second-order valence-electron chi connectivity index (χ2n) is 6.05. The van der Waals surface area contributed by atoms with Crippen molar-refractivity contribution in [3.05, 3.63) is 18.2 Å². The maximum atomic E-state index is 12.6. The Bertz CT molecular complexity index is 637. The molecule has 0 amide bonds. The van der Waals surface area contributed by atoms with Gasteiger partial charge in [-0.15, -0.1) is 0 Å². The van der Waals surface area contributed by atoms with Gasteiger partial charge in [0, 0.05) is 24.5 Å². The first-order chi connectivity index (χ1) is 10.2. The van der Waals surface area contributed by atoms with Crippen LogP contribution in [0, 0.1) is 0 Å². The molecule has 2 heterocycles. The summed E-state index contributed by atoms with van der Waals surface area (Å²) >= 11 is 0. The molecule has 9 heteroatoms. The number of sulfone groups is 1. The van der Waals surface area contributed by atoms with E-state index in [1.807, 2.05) is 4.90 Å². The largest absolute Gasteiger partial charge is 0.406 e. The van der Waals surface area contributed by atoms with E-state index in [1.54, 1.807) is 0 Å². The summed E-state index contributed by atoms with van der Waals surface area (Å²) in [6.45, 7) is -0.794. The molecule has 124 valence electrons. The summed E-state index contributed by atoms with van der Waals surface area (Å²) in [6, 6.07) is 0.169. The van der Waals surface area contributed by atoms with Crippen molar-refractivity contribution in [2.45, 2.75) is 50.6 Å². The van der Waals surface area contributed by atoms with Crippen LogP contribution in [-0.2, 0) is 22.9 Å².